The maximum absolute atomic E-state index is 14.0. The highest BCUT2D eigenvalue weighted by atomic mass is 16.5. The molecule has 1 fully saturated rings. The van der Waals surface area contributed by atoms with Crippen LogP contribution in [0.15, 0.2) is 48.5 Å². The lowest BCUT2D eigenvalue weighted by Gasteiger charge is -2.44. The van der Waals surface area contributed by atoms with Gasteiger partial charge < -0.3 is 29.0 Å². The minimum absolute atomic E-state index is 0.0109. The van der Waals surface area contributed by atoms with Gasteiger partial charge in [0.1, 0.15) is 22.7 Å². The second-order valence-electron chi connectivity index (χ2n) is 9.36. The number of amides is 2. The van der Waals surface area contributed by atoms with Crippen molar-refractivity contribution in [2.45, 2.75) is 44.5 Å². The number of rotatable bonds is 7. The van der Waals surface area contributed by atoms with Gasteiger partial charge in [-0.25, -0.2) is 0 Å². The minimum Gasteiger partial charge on any atom is -0.497 e. The first-order valence-electron chi connectivity index (χ1n) is 12.0. The van der Waals surface area contributed by atoms with Gasteiger partial charge in [0.05, 0.1) is 38.9 Å². The Hall–Kier alpha value is -3.52. The molecule has 35 heavy (non-hydrogen) atoms. The molecule has 8 heteroatoms. The average Bonchev–Trinajstić information content (AvgIpc) is 3.53. The predicted octanol–water partition coefficient (Wildman–Crippen LogP) is 3.37. The summed E-state index contributed by atoms with van der Waals surface area (Å²) in [6.07, 6.45) is 1.93. The molecule has 0 aliphatic carbocycles. The highest BCUT2D eigenvalue weighted by Crippen LogP contribution is 2.35. The van der Waals surface area contributed by atoms with E-state index in [0.717, 1.165) is 35.9 Å². The number of hydrogen-bond acceptors (Lipinski definition) is 5. The van der Waals surface area contributed by atoms with Crippen LogP contribution in [-0.4, -0.2) is 60.3 Å². The summed E-state index contributed by atoms with van der Waals surface area (Å²) in [4.78, 5) is 29.4. The Labute approximate surface area is 204 Å². The van der Waals surface area contributed by atoms with Crippen molar-refractivity contribution in [2.75, 3.05) is 27.4 Å². The van der Waals surface area contributed by atoms with E-state index in [4.69, 9.17) is 14.2 Å². The van der Waals surface area contributed by atoms with Gasteiger partial charge in [-0.1, -0.05) is 18.2 Å². The number of para-hydroxylation sites is 1. The zero-order chi connectivity index (χ0) is 24.6. The number of aromatic nitrogens is 1. The van der Waals surface area contributed by atoms with Crippen molar-refractivity contribution in [1.82, 2.24) is 14.8 Å². The van der Waals surface area contributed by atoms with Crippen molar-refractivity contribution in [3.63, 3.8) is 0 Å². The number of hydrogen-bond donors (Lipinski definition) is 1. The molecule has 3 aromatic rings. The van der Waals surface area contributed by atoms with Gasteiger partial charge in [0, 0.05) is 30.2 Å². The lowest BCUT2D eigenvalue weighted by atomic mass is 9.93. The van der Waals surface area contributed by atoms with E-state index in [1.54, 1.807) is 19.1 Å². The summed E-state index contributed by atoms with van der Waals surface area (Å²) >= 11 is 0. The van der Waals surface area contributed by atoms with Crippen LogP contribution in [-0.2, 0) is 22.6 Å². The predicted molar refractivity (Wildman–Crippen MR) is 132 cm³/mol. The van der Waals surface area contributed by atoms with Crippen molar-refractivity contribution >= 4 is 22.7 Å². The molecule has 1 N–H and O–H groups in total. The smallest absolute Gasteiger partial charge is 0.271 e. The SMILES string of the molecule is COc1ccc2cc3n(c2c1)C[C@@](C)(C(=O)NC[C@@H]1CCCO1)N(Cc1ccccc1OC)C3=O. The summed E-state index contributed by atoms with van der Waals surface area (Å²) in [6, 6.07) is 15.2. The molecule has 1 aromatic heterocycles. The van der Waals surface area contributed by atoms with Gasteiger partial charge in [-0.3, -0.25) is 9.59 Å². The van der Waals surface area contributed by atoms with E-state index in [1.807, 2.05) is 60.0 Å². The molecule has 0 saturated carbocycles. The van der Waals surface area contributed by atoms with Crippen molar-refractivity contribution in [1.29, 1.82) is 0 Å². The van der Waals surface area contributed by atoms with Gasteiger partial charge >= 0.3 is 0 Å². The van der Waals surface area contributed by atoms with Crippen LogP contribution in [0.25, 0.3) is 10.9 Å². The van der Waals surface area contributed by atoms with E-state index in [1.165, 1.54) is 0 Å². The molecule has 8 nitrogen and oxygen atoms in total. The standard InChI is InChI=1S/C27H31N3O5/c1-27(26(32)28-15-21-8-6-12-35-21)17-29-22-14-20(33-2)11-10-18(22)13-23(29)25(31)30(27)16-19-7-4-5-9-24(19)34-3/h4-5,7,9-11,13-14,21H,6,8,12,15-17H2,1-3H3,(H,28,32)/t21-,27-/m0/s1. The first kappa shape index (κ1) is 23.2. The van der Waals surface area contributed by atoms with E-state index in [2.05, 4.69) is 5.32 Å². The van der Waals surface area contributed by atoms with Gasteiger partial charge in [0.15, 0.2) is 0 Å². The summed E-state index contributed by atoms with van der Waals surface area (Å²) in [7, 11) is 3.22. The maximum Gasteiger partial charge on any atom is 0.271 e. The van der Waals surface area contributed by atoms with Crippen LogP contribution < -0.4 is 14.8 Å². The van der Waals surface area contributed by atoms with E-state index in [9.17, 15) is 9.59 Å². The van der Waals surface area contributed by atoms with Gasteiger partial charge in [-0.15, -0.1) is 0 Å². The van der Waals surface area contributed by atoms with Crippen LogP contribution in [0.5, 0.6) is 11.5 Å². The molecule has 0 bridgehead atoms. The van der Waals surface area contributed by atoms with Crippen LogP contribution >= 0.6 is 0 Å². The second-order valence-corrected chi connectivity index (χ2v) is 9.36. The molecule has 184 valence electrons. The fourth-order valence-corrected chi connectivity index (χ4v) is 5.11. The topological polar surface area (TPSA) is 82.0 Å². The van der Waals surface area contributed by atoms with Crippen LogP contribution in [0.1, 0.15) is 35.8 Å². The average molecular weight is 478 g/mol. The number of fused-ring (bicyclic) bond motifs is 3. The Balaban J connectivity index is 1.55. The normalized spacial score (nSPS) is 21.7. The van der Waals surface area contributed by atoms with Gasteiger partial charge in [0.25, 0.3) is 5.91 Å². The number of nitrogens with one attached hydrogen (secondary N) is 1. The molecule has 0 spiro atoms. The second kappa shape index (κ2) is 9.26. The summed E-state index contributed by atoms with van der Waals surface area (Å²) in [5.41, 5.74) is 1.13. The summed E-state index contributed by atoms with van der Waals surface area (Å²) in [5, 5.41) is 3.99. The number of carbonyl (C=O) groups excluding carboxylic acids is 2. The van der Waals surface area contributed by atoms with Crippen LogP contribution in [0, 0.1) is 0 Å². The fourth-order valence-electron chi connectivity index (χ4n) is 5.11. The van der Waals surface area contributed by atoms with Gasteiger partial charge in [-0.2, -0.15) is 0 Å². The highest BCUT2D eigenvalue weighted by Gasteiger charge is 2.48. The molecule has 0 radical (unpaired) electrons. The maximum atomic E-state index is 14.0. The summed E-state index contributed by atoms with van der Waals surface area (Å²) in [5.74, 6) is 0.976. The van der Waals surface area contributed by atoms with Gasteiger partial charge in [0.2, 0.25) is 5.91 Å². The Kier molecular flexibility index (Phi) is 6.15. The van der Waals surface area contributed by atoms with Crippen molar-refractivity contribution < 1.29 is 23.8 Å². The molecule has 2 aromatic carbocycles. The van der Waals surface area contributed by atoms with Crippen LogP contribution in [0.2, 0.25) is 0 Å². The third kappa shape index (κ3) is 4.12. The minimum atomic E-state index is -1.13. The molecule has 5 rings (SSSR count). The molecule has 2 atom stereocenters. The molecule has 3 heterocycles. The largest absolute Gasteiger partial charge is 0.497 e. The fraction of sp³-hybridized carbons (Fsp3) is 0.407. The van der Waals surface area contributed by atoms with Gasteiger partial charge in [-0.05, 0) is 44.0 Å². The number of carbonyl (C=O) groups is 2. The number of methoxy groups -OCH3 is 2. The lowest BCUT2D eigenvalue weighted by Crippen LogP contribution is -2.64. The highest BCUT2D eigenvalue weighted by molar-refractivity contribution is 6.03. The van der Waals surface area contributed by atoms with E-state index < -0.39 is 5.54 Å². The van der Waals surface area contributed by atoms with E-state index in [-0.39, 0.29) is 24.5 Å². The number of benzene rings is 2. The number of nitrogens with zero attached hydrogens (tertiary/aromatic N) is 2. The summed E-state index contributed by atoms with van der Waals surface area (Å²) < 4.78 is 18.6. The Morgan fingerprint density at radius 1 is 1.17 bits per heavy atom. The zero-order valence-electron chi connectivity index (χ0n) is 20.4. The molecule has 2 aliphatic heterocycles. The van der Waals surface area contributed by atoms with Crippen molar-refractivity contribution in [3.8, 4) is 11.5 Å². The molecule has 2 aliphatic rings. The number of ether oxygens (including phenoxy) is 3. The van der Waals surface area contributed by atoms with Crippen molar-refractivity contribution in [2.24, 2.45) is 0 Å². The molecular weight excluding hydrogens is 446 g/mol. The molecule has 2 amide bonds. The monoisotopic (exact) mass is 477 g/mol. The first-order chi connectivity index (χ1) is 16.9. The summed E-state index contributed by atoms with van der Waals surface area (Å²) in [6.45, 7) is 3.55. The van der Waals surface area contributed by atoms with E-state index >= 15 is 0 Å². The molecule has 1 saturated heterocycles. The Morgan fingerprint density at radius 3 is 2.74 bits per heavy atom. The molecular formula is C27H31N3O5. The first-order valence-corrected chi connectivity index (χ1v) is 12.0. The van der Waals surface area contributed by atoms with Crippen molar-refractivity contribution in [3.05, 3.63) is 59.8 Å². The third-order valence-corrected chi connectivity index (χ3v) is 7.16. The van der Waals surface area contributed by atoms with Crippen LogP contribution in [0.4, 0.5) is 0 Å². The molecule has 0 unspecified atom stereocenters. The quantitative estimate of drug-likeness (QED) is 0.564. The Bertz CT molecular complexity index is 1260. The van der Waals surface area contributed by atoms with E-state index in [0.29, 0.717) is 30.3 Å². The third-order valence-electron chi connectivity index (χ3n) is 7.16. The lowest BCUT2D eigenvalue weighted by molar-refractivity contribution is -0.133. The van der Waals surface area contributed by atoms with Crippen LogP contribution in [0.3, 0.4) is 0 Å². The zero-order valence-corrected chi connectivity index (χ0v) is 20.4. The Morgan fingerprint density at radius 2 is 2.00 bits per heavy atom.